The van der Waals surface area contributed by atoms with Crippen LogP contribution in [0.5, 0.6) is 5.75 Å². The SMILES string of the molecule is O=C(CCc1cc(F)ccc1F)NCCc1ccc(OC(F)F)cc1. The van der Waals surface area contributed by atoms with Gasteiger partial charge in [0.15, 0.2) is 0 Å². The minimum absolute atomic E-state index is 0.0432. The molecule has 0 aliphatic heterocycles. The number of hydrogen-bond donors (Lipinski definition) is 1. The van der Waals surface area contributed by atoms with Crippen LogP contribution in [0.25, 0.3) is 0 Å². The summed E-state index contributed by atoms with van der Waals surface area (Å²) < 4.78 is 54.8. The molecule has 0 radical (unpaired) electrons. The van der Waals surface area contributed by atoms with Crippen LogP contribution in [0, 0.1) is 11.6 Å². The van der Waals surface area contributed by atoms with Crippen molar-refractivity contribution in [1.82, 2.24) is 5.32 Å². The highest BCUT2D eigenvalue weighted by molar-refractivity contribution is 5.76. The van der Waals surface area contributed by atoms with Gasteiger partial charge in [-0.3, -0.25) is 4.79 Å². The Hall–Kier alpha value is -2.57. The summed E-state index contributed by atoms with van der Waals surface area (Å²) >= 11 is 0. The Morgan fingerprint density at radius 2 is 1.76 bits per heavy atom. The molecule has 0 atom stereocenters. The highest BCUT2D eigenvalue weighted by atomic mass is 19.3. The zero-order valence-electron chi connectivity index (χ0n) is 13.3. The summed E-state index contributed by atoms with van der Waals surface area (Å²) in [6.07, 6.45) is 0.658. The molecule has 0 heterocycles. The van der Waals surface area contributed by atoms with Gasteiger partial charge in [-0.05, 0) is 54.3 Å². The third kappa shape index (κ3) is 6.45. The molecule has 2 rings (SSSR count). The molecular formula is C18H17F4NO2. The molecule has 0 fully saturated rings. The first-order chi connectivity index (χ1) is 11.9. The van der Waals surface area contributed by atoms with Crippen LogP contribution >= 0.6 is 0 Å². The van der Waals surface area contributed by atoms with Crippen molar-refractivity contribution in [2.24, 2.45) is 0 Å². The Labute approximate surface area is 142 Å². The van der Waals surface area contributed by atoms with Crippen molar-refractivity contribution >= 4 is 5.91 Å². The first kappa shape index (κ1) is 18.8. The van der Waals surface area contributed by atoms with Crippen molar-refractivity contribution in [1.29, 1.82) is 0 Å². The van der Waals surface area contributed by atoms with E-state index in [1.165, 1.54) is 12.1 Å². The van der Waals surface area contributed by atoms with Crippen LogP contribution in [0.4, 0.5) is 17.6 Å². The second kappa shape index (κ2) is 9.05. The minimum atomic E-state index is -2.87. The van der Waals surface area contributed by atoms with E-state index in [-0.39, 0.29) is 30.1 Å². The van der Waals surface area contributed by atoms with Gasteiger partial charge in [0.05, 0.1) is 0 Å². The molecule has 1 amide bonds. The monoisotopic (exact) mass is 355 g/mol. The second-order valence-electron chi connectivity index (χ2n) is 5.36. The van der Waals surface area contributed by atoms with Crippen molar-refractivity contribution in [3.05, 3.63) is 65.2 Å². The molecule has 25 heavy (non-hydrogen) atoms. The maximum absolute atomic E-state index is 13.4. The number of hydrogen-bond acceptors (Lipinski definition) is 2. The summed E-state index contributed by atoms with van der Waals surface area (Å²) in [5, 5.41) is 2.68. The lowest BCUT2D eigenvalue weighted by molar-refractivity contribution is -0.121. The number of alkyl halides is 2. The van der Waals surface area contributed by atoms with Gasteiger partial charge < -0.3 is 10.1 Å². The molecule has 0 spiro atoms. The largest absolute Gasteiger partial charge is 0.435 e. The highest BCUT2D eigenvalue weighted by Gasteiger charge is 2.08. The fourth-order valence-electron chi connectivity index (χ4n) is 2.26. The van der Waals surface area contributed by atoms with Crippen molar-refractivity contribution in [3.8, 4) is 5.75 Å². The average molecular weight is 355 g/mol. The van der Waals surface area contributed by atoms with E-state index in [0.717, 1.165) is 23.8 Å². The van der Waals surface area contributed by atoms with Crippen molar-refractivity contribution < 1.29 is 27.1 Å². The van der Waals surface area contributed by atoms with Gasteiger partial charge in [0.25, 0.3) is 0 Å². The first-order valence-electron chi connectivity index (χ1n) is 7.68. The number of rotatable bonds is 8. The zero-order valence-corrected chi connectivity index (χ0v) is 13.3. The van der Waals surface area contributed by atoms with E-state index in [1.807, 2.05) is 0 Å². The molecule has 0 aromatic heterocycles. The van der Waals surface area contributed by atoms with Crippen LogP contribution in [0.1, 0.15) is 17.5 Å². The summed E-state index contributed by atoms with van der Waals surface area (Å²) in [5.41, 5.74) is 1.00. The number of benzene rings is 2. The van der Waals surface area contributed by atoms with E-state index in [2.05, 4.69) is 10.1 Å². The Morgan fingerprint density at radius 3 is 2.44 bits per heavy atom. The van der Waals surface area contributed by atoms with Gasteiger partial charge in [-0.25, -0.2) is 8.78 Å². The summed E-state index contributed by atoms with van der Waals surface area (Å²) in [5.74, 6) is -1.29. The quantitative estimate of drug-likeness (QED) is 0.731. The van der Waals surface area contributed by atoms with E-state index < -0.39 is 18.2 Å². The van der Waals surface area contributed by atoms with E-state index >= 15 is 0 Å². The van der Waals surface area contributed by atoms with Gasteiger partial charge in [-0.1, -0.05) is 12.1 Å². The lowest BCUT2D eigenvalue weighted by Crippen LogP contribution is -2.26. The maximum Gasteiger partial charge on any atom is 0.387 e. The predicted octanol–water partition coefficient (Wildman–Crippen LogP) is 3.86. The average Bonchev–Trinajstić information content (AvgIpc) is 2.57. The molecule has 0 saturated heterocycles. The van der Waals surface area contributed by atoms with Gasteiger partial charge in [0, 0.05) is 13.0 Å². The lowest BCUT2D eigenvalue weighted by Gasteiger charge is -2.08. The predicted molar refractivity (Wildman–Crippen MR) is 84.5 cm³/mol. The van der Waals surface area contributed by atoms with Crippen LogP contribution in [0.3, 0.4) is 0 Å². The molecule has 0 aliphatic carbocycles. The molecule has 7 heteroatoms. The molecule has 2 aromatic rings. The molecule has 1 N–H and O–H groups in total. The number of carbonyl (C=O) groups is 1. The number of nitrogens with one attached hydrogen (secondary N) is 1. The maximum atomic E-state index is 13.4. The zero-order chi connectivity index (χ0) is 18.2. The number of amides is 1. The van der Waals surface area contributed by atoms with E-state index in [1.54, 1.807) is 12.1 Å². The van der Waals surface area contributed by atoms with Gasteiger partial charge in [-0.2, -0.15) is 8.78 Å². The van der Waals surface area contributed by atoms with Gasteiger partial charge in [0.2, 0.25) is 5.91 Å². The Kier molecular flexibility index (Phi) is 6.80. The van der Waals surface area contributed by atoms with Crippen LogP contribution < -0.4 is 10.1 Å². The van der Waals surface area contributed by atoms with E-state index in [4.69, 9.17) is 0 Å². The highest BCUT2D eigenvalue weighted by Crippen LogP contribution is 2.15. The van der Waals surface area contributed by atoms with Crippen molar-refractivity contribution in [3.63, 3.8) is 0 Å². The molecule has 2 aromatic carbocycles. The summed E-state index contributed by atoms with van der Waals surface area (Å²) in [7, 11) is 0. The molecule has 134 valence electrons. The molecular weight excluding hydrogens is 338 g/mol. The van der Waals surface area contributed by atoms with Crippen molar-refractivity contribution in [2.45, 2.75) is 25.9 Å². The molecule has 0 bridgehead atoms. The fraction of sp³-hybridized carbons (Fsp3) is 0.278. The Morgan fingerprint density at radius 1 is 1.04 bits per heavy atom. The standard InChI is InChI=1S/C18H17F4NO2/c19-14-4-7-16(20)13(11-14)3-8-17(24)23-10-9-12-1-5-15(6-2-12)25-18(21)22/h1-2,4-7,11,18H,3,8-10H2,(H,23,24). The third-order valence-corrected chi connectivity index (χ3v) is 3.51. The van der Waals surface area contributed by atoms with Crippen LogP contribution in [-0.4, -0.2) is 19.1 Å². The second-order valence-corrected chi connectivity index (χ2v) is 5.36. The van der Waals surface area contributed by atoms with E-state index in [0.29, 0.717) is 13.0 Å². The third-order valence-electron chi connectivity index (χ3n) is 3.51. The summed E-state index contributed by atoms with van der Waals surface area (Å²) in [6.45, 7) is -2.52. The number of ether oxygens (including phenoxy) is 1. The smallest absolute Gasteiger partial charge is 0.387 e. The molecule has 0 aliphatic rings. The van der Waals surface area contributed by atoms with Gasteiger partial charge in [-0.15, -0.1) is 0 Å². The van der Waals surface area contributed by atoms with Gasteiger partial charge in [0.1, 0.15) is 17.4 Å². The fourth-order valence-corrected chi connectivity index (χ4v) is 2.26. The summed E-state index contributed by atoms with van der Waals surface area (Å²) in [4.78, 5) is 11.7. The van der Waals surface area contributed by atoms with Crippen LogP contribution in [0.15, 0.2) is 42.5 Å². The minimum Gasteiger partial charge on any atom is -0.435 e. The Balaban J connectivity index is 1.72. The topological polar surface area (TPSA) is 38.3 Å². The van der Waals surface area contributed by atoms with Crippen molar-refractivity contribution in [2.75, 3.05) is 6.54 Å². The number of carbonyl (C=O) groups excluding carboxylic acids is 1. The summed E-state index contributed by atoms with van der Waals surface area (Å²) in [6, 6.07) is 9.25. The van der Waals surface area contributed by atoms with Crippen LogP contribution in [0.2, 0.25) is 0 Å². The molecule has 0 saturated carbocycles. The van der Waals surface area contributed by atoms with Crippen LogP contribution in [-0.2, 0) is 17.6 Å². The number of halogens is 4. The lowest BCUT2D eigenvalue weighted by atomic mass is 10.1. The van der Waals surface area contributed by atoms with Gasteiger partial charge >= 0.3 is 6.61 Å². The van der Waals surface area contributed by atoms with E-state index in [9.17, 15) is 22.4 Å². The molecule has 0 unspecified atom stereocenters. The first-order valence-corrected chi connectivity index (χ1v) is 7.68. The Bertz CT molecular complexity index is 705. The molecule has 3 nitrogen and oxygen atoms in total. The normalized spacial score (nSPS) is 10.8. The number of aryl methyl sites for hydroxylation is 1.